The summed E-state index contributed by atoms with van der Waals surface area (Å²) in [5, 5.41) is 14.4. The molecule has 1 saturated carbocycles. The van der Waals surface area contributed by atoms with Crippen LogP contribution in [0.15, 0.2) is 5.16 Å². The third-order valence-corrected chi connectivity index (χ3v) is 2.62. The highest BCUT2D eigenvalue weighted by Gasteiger charge is 2.14. The van der Waals surface area contributed by atoms with Crippen LogP contribution >= 0.6 is 0 Å². The van der Waals surface area contributed by atoms with E-state index < -0.39 is 0 Å². The molecule has 0 radical (unpaired) electrons. The molecule has 0 spiro atoms. The molecule has 0 unspecified atom stereocenters. The molecule has 0 bridgehead atoms. The second-order valence-corrected chi connectivity index (χ2v) is 3.87. The van der Waals surface area contributed by atoms with Crippen molar-refractivity contribution in [1.82, 2.24) is 5.32 Å². The third kappa shape index (κ3) is 5.59. The average Bonchev–Trinajstić information content (AvgIpc) is 2.75. The number of nitrogens with one attached hydrogen (secondary N) is 1. The minimum atomic E-state index is 0.263. The zero-order chi connectivity index (χ0) is 10.9. The summed E-state index contributed by atoms with van der Waals surface area (Å²) in [6.45, 7) is 2.31. The molecule has 5 nitrogen and oxygen atoms in total. The Bertz CT molecular complexity index is 191. The Hall–Kier alpha value is -0.810. The predicted molar refractivity (Wildman–Crippen MR) is 59.1 cm³/mol. The number of nitrogens with zero attached hydrogens (tertiary/aromatic N) is 1. The molecule has 0 aromatic carbocycles. The van der Waals surface area contributed by atoms with E-state index in [1.54, 1.807) is 0 Å². The van der Waals surface area contributed by atoms with Crippen LogP contribution in [0.3, 0.4) is 0 Å². The van der Waals surface area contributed by atoms with E-state index in [2.05, 4.69) is 10.5 Å². The van der Waals surface area contributed by atoms with Gasteiger partial charge in [0.05, 0.1) is 12.7 Å². The summed E-state index contributed by atoms with van der Waals surface area (Å²) in [6, 6.07) is 0. The molecule has 0 aromatic heterocycles. The lowest BCUT2D eigenvalue weighted by Crippen LogP contribution is -2.26. The fourth-order valence-corrected chi connectivity index (χ4v) is 1.74. The van der Waals surface area contributed by atoms with Crippen molar-refractivity contribution in [2.24, 2.45) is 10.9 Å². The number of amidine groups is 1. The second kappa shape index (κ2) is 7.48. The van der Waals surface area contributed by atoms with Crippen molar-refractivity contribution >= 4 is 5.84 Å². The van der Waals surface area contributed by atoms with Gasteiger partial charge in [-0.3, -0.25) is 0 Å². The molecule has 0 aliphatic heterocycles. The van der Waals surface area contributed by atoms with Crippen molar-refractivity contribution in [2.45, 2.75) is 38.2 Å². The van der Waals surface area contributed by atoms with Gasteiger partial charge in [0.15, 0.2) is 0 Å². The van der Waals surface area contributed by atoms with E-state index in [1.165, 1.54) is 25.7 Å². The number of hydrogen-bond acceptors (Lipinski definition) is 4. The van der Waals surface area contributed by atoms with Crippen molar-refractivity contribution in [1.29, 1.82) is 0 Å². The SMILES string of the molecule is NC(CCNCCOC1CCCC1)=NO. The Morgan fingerprint density at radius 2 is 2.13 bits per heavy atom. The van der Waals surface area contributed by atoms with Crippen LogP contribution in [-0.2, 0) is 4.74 Å². The molecule has 0 heterocycles. The first-order valence-electron chi connectivity index (χ1n) is 5.61. The van der Waals surface area contributed by atoms with Crippen molar-refractivity contribution < 1.29 is 9.94 Å². The fourth-order valence-electron chi connectivity index (χ4n) is 1.74. The predicted octanol–water partition coefficient (Wildman–Crippen LogP) is 0.672. The van der Waals surface area contributed by atoms with Crippen LogP contribution in [0, 0.1) is 0 Å². The summed E-state index contributed by atoms with van der Waals surface area (Å²) < 4.78 is 5.66. The van der Waals surface area contributed by atoms with Crippen LogP contribution in [0.2, 0.25) is 0 Å². The van der Waals surface area contributed by atoms with Gasteiger partial charge in [-0.25, -0.2) is 0 Å². The lowest BCUT2D eigenvalue weighted by atomic mass is 10.3. The van der Waals surface area contributed by atoms with Gasteiger partial charge in [0, 0.05) is 19.5 Å². The molecule has 0 aromatic rings. The molecule has 0 amide bonds. The van der Waals surface area contributed by atoms with E-state index in [0.717, 1.165) is 19.7 Å². The zero-order valence-electron chi connectivity index (χ0n) is 9.11. The number of ether oxygens (including phenoxy) is 1. The number of nitrogens with two attached hydrogens (primary N) is 1. The first-order chi connectivity index (χ1) is 7.33. The smallest absolute Gasteiger partial charge is 0.140 e. The Labute approximate surface area is 90.7 Å². The Balaban J connectivity index is 1.84. The molecule has 0 atom stereocenters. The van der Waals surface area contributed by atoms with Crippen LogP contribution in [-0.4, -0.2) is 36.8 Å². The highest BCUT2D eigenvalue weighted by molar-refractivity contribution is 5.79. The van der Waals surface area contributed by atoms with E-state index in [4.69, 9.17) is 15.7 Å². The number of oxime groups is 1. The monoisotopic (exact) mass is 215 g/mol. The first-order valence-corrected chi connectivity index (χ1v) is 5.61. The van der Waals surface area contributed by atoms with E-state index in [1.807, 2.05) is 0 Å². The van der Waals surface area contributed by atoms with Gasteiger partial charge in [0.2, 0.25) is 0 Å². The van der Waals surface area contributed by atoms with Crippen molar-refractivity contribution in [3.8, 4) is 0 Å². The summed E-state index contributed by atoms with van der Waals surface area (Å²) in [5.41, 5.74) is 5.32. The molecule has 15 heavy (non-hydrogen) atoms. The molecule has 1 rings (SSSR count). The minimum absolute atomic E-state index is 0.263. The summed E-state index contributed by atoms with van der Waals surface area (Å²) in [7, 11) is 0. The van der Waals surface area contributed by atoms with Crippen molar-refractivity contribution in [3.63, 3.8) is 0 Å². The van der Waals surface area contributed by atoms with Crippen LogP contribution in [0.1, 0.15) is 32.1 Å². The van der Waals surface area contributed by atoms with Crippen molar-refractivity contribution in [2.75, 3.05) is 19.7 Å². The fraction of sp³-hybridized carbons (Fsp3) is 0.900. The maximum atomic E-state index is 8.29. The Morgan fingerprint density at radius 3 is 2.80 bits per heavy atom. The topological polar surface area (TPSA) is 79.9 Å². The van der Waals surface area contributed by atoms with Gasteiger partial charge in [0.25, 0.3) is 0 Å². The molecule has 4 N–H and O–H groups in total. The van der Waals surface area contributed by atoms with Gasteiger partial charge < -0.3 is 21.0 Å². The second-order valence-electron chi connectivity index (χ2n) is 3.87. The number of rotatable bonds is 7. The van der Waals surface area contributed by atoms with Crippen LogP contribution in [0.25, 0.3) is 0 Å². The third-order valence-electron chi connectivity index (χ3n) is 2.62. The Kier molecular flexibility index (Phi) is 6.11. The molecule has 1 fully saturated rings. The zero-order valence-corrected chi connectivity index (χ0v) is 9.11. The van der Waals surface area contributed by atoms with Gasteiger partial charge in [0.1, 0.15) is 5.84 Å². The van der Waals surface area contributed by atoms with Crippen molar-refractivity contribution in [3.05, 3.63) is 0 Å². The lowest BCUT2D eigenvalue weighted by Gasteiger charge is -2.11. The molecular formula is C10H21N3O2. The largest absolute Gasteiger partial charge is 0.409 e. The lowest BCUT2D eigenvalue weighted by molar-refractivity contribution is 0.0605. The molecule has 1 aliphatic rings. The summed E-state index contributed by atoms with van der Waals surface area (Å²) in [4.78, 5) is 0. The first kappa shape index (κ1) is 12.3. The van der Waals surface area contributed by atoms with Gasteiger partial charge >= 0.3 is 0 Å². The van der Waals surface area contributed by atoms with Gasteiger partial charge in [-0.05, 0) is 12.8 Å². The maximum Gasteiger partial charge on any atom is 0.140 e. The molecule has 5 heteroatoms. The normalized spacial score (nSPS) is 18.5. The van der Waals surface area contributed by atoms with Crippen LogP contribution in [0.4, 0.5) is 0 Å². The van der Waals surface area contributed by atoms with E-state index in [9.17, 15) is 0 Å². The standard InChI is InChI=1S/C10H21N3O2/c11-10(13-14)5-6-12-7-8-15-9-3-1-2-4-9/h9,12,14H,1-8H2,(H2,11,13). The maximum absolute atomic E-state index is 8.29. The summed E-state index contributed by atoms with van der Waals surface area (Å²) in [6.07, 6.45) is 6.09. The van der Waals surface area contributed by atoms with Crippen LogP contribution in [0.5, 0.6) is 0 Å². The number of hydrogen-bond donors (Lipinski definition) is 3. The summed E-state index contributed by atoms with van der Waals surface area (Å²) in [5.74, 6) is 0.263. The van der Waals surface area contributed by atoms with Crippen LogP contribution < -0.4 is 11.1 Å². The average molecular weight is 215 g/mol. The van der Waals surface area contributed by atoms with E-state index in [0.29, 0.717) is 12.5 Å². The molecular weight excluding hydrogens is 194 g/mol. The van der Waals surface area contributed by atoms with E-state index >= 15 is 0 Å². The van der Waals surface area contributed by atoms with Gasteiger partial charge in [-0.2, -0.15) is 0 Å². The molecule has 1 aliphatic carbocycles. The molecule has 0 saturated heterocycles. The highest BCUT2D eigenvalue weighted by Crippen LogP contribution is 2.20. The quantitative estimate of drug-likeness (QED) is 0.192. The van der Waals surface area contributed by atoms with E-state index in [-0.39, 0.29) is 5.84 Å². The van der Waals surface area contributed by atoms with Gasteiger partial charge in [-0.1, -0.05) is 18.0 Å². The summed E-state index contributed by atoms with van der Waals surface area (Å²) >= 11 is 0. The highest BCUT2D eigenvalue weighted by atomic mass is 16.5. The Morgan fingerprint density at radius 1 is 1.40 bits per heavy atom. The molecule has 88 valence electrons. The minimum Gasteiger partial charge on any atom is -0.409 e. The van der Waals surface area contributed by atoms with Gasteiger partial charge in [-0.15, -0.1) is 0 Å².